The summed E-state index contributed by atoms with van der Waals surface area (Å²) in [7, 11) is 5.31. The predicted octanol–water partition coefficient (Wildman–Crippen LogP) is 3.93. The van der Waals surface area contributed by atoms with Crippen LogP contribution in [0.1, 0.15) is 19.8 Å². The van der Waals surface area contributed by atoms with Crippen LogP contribution in [0.3, 0.4) is 0 Å². The van der Waals surface area contributed by atoms with Crippen LogP contribution in [0.4, 0.5) is 0 Å². The zero-order valence-electron chi connectivity index (χ0n) is 6.70. The Bertz CT molecular complexity index is 193. The standard InChI is InChI=1S/C7H11Cl4S/c1-2-6(9)3-4-12(11)7(10)5-8/h6-7H,2-3,5H2,1H3/q-1. The summed E-state index contributed by atoms with van der Waals surface area (Å²) in [6.07, 6.45) is 1.58. The van der Waals surface area contributed by atoms with Crippen molar-refractivity contribution in [2.75, 3.05) is 5.88 Å². The van der Waals surface area contributed by atoms with Gasteiger partial charge in [0.2, 0.25) is 0 Å². The molecular weight excluding hydrogens is 258 g/mol. The summed E-state index contributed by atoms with van der Waals surface area (Å²) >= 11 is 17.2. The van der Waals surface area contributed by atoms with E-state index in [1.165, 1.54) is 0 Å². The van der Waals surface area contributed by atoms with Crippen molar-refractivity contribution in [1.29, 1.82) is 0 Å². The average Bonchev–Trinajstić information content (AvgIpc) is 2.11. The van der Waals surface area contributed by atoms with Crippen LogP contribution in [-0.2, 0) is 9.52 Å². The molecule has 0 amide bonds. The number of rotatable bonds is 3. The molecule has 0 rings (SSSR count). The fraction of sp³-hybridized carbons (Fsp3) is 0.857. The molecule has 0 aliphatic rings. The van der Waals surface area contributed by atoms with Crippen LogP contribution in [0.25, 0.3) is 0 Å². The van der Waals surface area contributed by atoms with Gasteiger partial charge in [-0.25, -0.2) is 0 Å². The van der Waals surface area contributed by atoms with Crippen molar-refractivity contribution in [3.05, 3.63) is 0 Å². The topological polar surface area (TPSA) is 0 Å². The van der Waals surface area contributed by atoms with Gasteiger partial charge in [0, 0.05) is 11.3 Å². The summed E-state index contributed by atoms with van der Waals surface area (Å²) in [5, 5.41) is 3.14. The van der Waals surface area contributed by atoms with Gasteiger partial charge in [-0.2, -0.15) is 0 Å². The summed E-state index contributed by atoms with van der Waals surface area (Å²) < 4.78 is -0.228. The van der Waals surface area contributed by atoms with Gasteiger partial charge in [0.05, 0.1) is 0 Å². The lowest BCUT2D eigenvalue weighted by Gasteiger charge is -2.15. The summed E-state index contributed by atoms with van der Waals surface area (Å²) in [5.41, 5.74) is 0. The first-order chi connectivity index (χ1) is 5.61. The van der Waals surface area contributed by atoms with Gasteiger partial charge in [0.15, 0.2) is 0 Å². The maximum Gasteiger partial charge on any atom is 0.0414 e. The molecule has 12 heavy (non-hydrogen) atoms. The minimum absolute atomic E-state index is 0.109. The molecule has 0 aromatic carbocycles. The van der Waals surface area contributed by atoms with Crippen LogP contribution >= 0.6 is 45.5 Å². The van der Waals surface area contributed by atoms with Gasteiger partial charge in [-0.3, -0.25) is 15.9 Å². The molecule has 5 heteroatoms. The lowest BCUT2D eigenvalue weighted by molar-refractivity contribution is 0.840. The van der Waals surface area contributed by atoms with Gasteiger partial charge in [-0.15, -0.1) is 34.8 Å². The van der Waals surface area contributed by atoms with Crippen molar-refractivity contribution in [2.24, 2.45) is 0 Å². The number of hydrogen-bond donors (Lipinski definition) is 0. The highest BCUT2D eigenvalue weighted by Crippen LogP contribution is 2.11. The van der Waals surface area contributed by atoms with E-state index in [0.29, 0.717) is 12.3 Å². The smallest absolute Gasteiger partial charge is 0.0414 e. The van der Waals surface area contributed by atoms with Crippen molar-refractivity contribution in [3.8, 4) is 5.18 Å². The Morgan fingerprint density at radius 3 is 2.42 bits per heavy atom. The van der Waals surface area contributed by atoms with Gasteiger partial charge in [0.1, 0.15) is 0 Å². The van der Waals surface area contributed by atoms with E-state index in [4.69, 9.17) is 45.5 Å². The second kappa shape index (κ2) is 7.67. The van der Waals surface area contributed by atoms with Gasteiger partial charge in [0.25, 0.3) is 0 Å². The molecule has 0 N–H and O–H groups in total. The molecular formula is C7H11Cl4S-. The summed E-state index contributed by atoms with van der Waals surface area (Å²) in [4.78, 5) is 0. The summed E-state index contributed by atoms with van der Waals surface area (Å²) in [5.74, 6) is 0.347. The third-order valence-corrected chi connectivity index (χ3v) is 5.34. The van der Waals surface area contributed by atoms with Gasteiger partial charge in [-0.05, 0) is 17.6 Å². The second-order valence-corrected chi connectivity index (χ2v) is 6.34. The number of halogens is 4. The van der Waals surface area contributed by atoms with Gasteiger partial charge < -0.3 is 9.52 Å². The Kier molecular flexibility index (Phi) is 8.50. The van der Waals surface area contributed by atoms with Gasteiger partial charge in [-0.1, -0.05) is 6.92 Å². The molecule has 0 saturated carbocycles. The largest absolute Gasteiger partial charge is 0.351 e. The number of alkyl halides is 3. The Hall–Kier alpha value is 1.29. The van der Waals surface area contributed by atoms with Crippen molar-refractivity contribution in [1.82, 2.24) is 0 Å². The molecule has 0 fully saturated rings. The van der Waals surface area contributed by atoms with Gasteiger partial charge >= 0.3 is 0 Å². The molecule has 0 bridgehead atoms. The predicted molar refractivity (Wildman–Crippen MR) is 62.0 cm³/mol. The third kappa shape index (κ3) is 5.85. The van der Waals surface area contributed by atoms with Crippen LogP contribution in [-0.4, -0.2) is 16.0 Å². The summed E-state index contributed by atoms with van der Waals surface area (Å²) in [6.45, 7) is 2.02. The van der Waals surface area contributed by atoms with Crippen molar-refractivity contribution in [2.45, 2.75) is 29.9 Å². The highest BCUT2D eigenvalue weighted by Gasteiger charge is 1.95. The van der Waals surface area contributed by atoms with Crippen molar-refractivity contribution < 1.29 is 0 Å². The molecule has 0 aromatic heterocycles. The van der Waals surface area contributed by atoms with E-state index in [-0.39, 0.29) is 10.1 Å². The third-order valence-electron chi connectivity index (χ3n) is 1.23. The first-order valence-electron chi connectivity index (χ1n) is 3.58. The van der Waals surface area contributed by atoms with Crippen LogP contribution < -0.4 is 0 Å². The minimum atomic E-state index is -0.566. The quantitative estimate of drug-likeness (QED) is 0.538. The second-order valence-electron chi connectivity index (χ2n) is 2.20. The Morgan fingerprint density at radius 2 is 2.00 bits per heavy atom. The monoisotopic (exact) mass is 267 g/mol. The molecule has 0 aliphatic carbocycles. The molecule has 0 aromatic rings. The Morgan fingerprint density at radius 1 is 1.42 bits per heavy atom. The zero-order valence-corrected chi connectivity index (χ0v) is 10.5. The fourth-order valence-corrected chi connectivity index (χ4v) is 2.42. The first-order valence-corrected chi connectivity index (χ1v) is 7.10. The molecule has 2 unspecified atom stereocenters. The van der Waals surface area contributed by atoms with E-state index in [2.05, 4.69) is 5.18 Å². The normalized spacial score (nSPS) is 15.8. The van der Waals surface area contributed by atoms with Crippen LogP contribution in [0.2, 0.25) is 0 Å². The van der Waals surface area contributed by atoms with E-state index in [9.17, 15) is 0 Å². The van der Waals surface area contributed by atoms with Crippen molar-refractivity contribution in [3.63, 3.8) is 0 Å². The molecule has 0 saturated heterocycles. The highest BCUT2D eigenvalue weighted by atomic mass is 35.7. The zero-order chi connectivity index (χ0) is 9.56. The van der Waals surface area contributed by atoms with E-state index in [1.807, 2.05) is 6.92 Å². The minimum Gasteiger partial charge on any atom is -0.351 e. The Labute approximate surface area is 95.6 Å². The van der Waals surface area contributed by atoms with Crippen LogP contribution in [0, 0.1) is 5.18 Å². The average molecular weight is 269 g/mol. The molecule has 2 atom stereocenters. The lowest BCUT2D eigenvalue weighted by Crippen LogP contribution is -2.02. The maximum absolute atomic E-state index is 5.87. The van der Waals surface area contributed by atoms with Crippen LogP contribution in [0.15, 0.2) is 0 Å². The molecule has 0 heterocycles. The van der Waals surface area contributed by atoms with Crippen LogP contribution in [0.5, 0.6) is 0 Å². The molecule has 0 spiro atoms. The fourth-order valence-electron chi connectivity index (χ4n) is 0.460. The SMILES string of the molecule is CCC(Cl)CC#[S-](Cl)C(Cl)CCl. The molecule has 0 aliphatic heterocycles. The molecule has 0 radical (unpaired) electrons. The number of hydrogen-bond acceptors (Lipinski definition) is 1. The maximum atomic E-state index is 5.87. The van der Waals surface area contributed by atoms with E-state index in [0.717, 1.165) is 6.42 Å². The highest BCUT2D eigenvalue weighted by molar-refractivity contribution is 8.10. The lowest BCUT2D eigenvalue weighted by atomic mass is 10.3. The molecule has 74 valence electrons. The van der Waals surface area contributed by atoms with E-state index >= 15 is 0 Å². The van der Waals surface area contributed by atoms with E-state index in [1.54, 1.807) is 0 Å². The van der Waals surface area contributed by atoms with E-state index < -0.39 is 9.52 Å². The Balaban J connectivity index is 3.96. The molecule has 0 nitrogen and oxygen atoms in total. The first kappa shape index (κ1) is 13.3. The summed E-state index contributed by atoms with van der Waals surface area (Å²) in [6, 6.07) is 0. The van der Waals surface area contributed by atoms with Crippen molar-refractivity contribution >= 4 is 55.0 Å².